The second-order valence-electron chi connectivity index (χ2n) is 4.56. The quantitative estimate of drug-likeness (QED) is 0.498. The molecular weight excluding hydrogens is 296 g/mol. The molecule has 0 fully saturated rings. The first kappa shape index (κ1) is 18.2. The van der Waals surface area contributed by atoms with E-state index >= 15 is 0 Å². The van der Waals surface area contributed by atoms with E-state index in [4.69, 9.17) is 16.3 Å². The standard InChI is InChI=1S/C17H17ClO2.C2H6/c1-2-3-12-20-16-10-6-14(7-11-16)17(19)13-4-8-15(18)9-5-13;1-2/h4-11H,2-3,12H2,1H3;1-2H3. The Bertz CT molecular complexity index is 559. The van der Waals surface area contributed by atoms with Gasteiger partial charge in [-0.2, -0.15) is 0 Å². The Morgan fingerprint density at radius 3 is 1.95 bits per heavy atom. The van der Waals surface area contributed by atoms with Gasteiger partial charge >= 0.3 is 0 Å². The zero-order valence-electron chi connectivity index (χ0n) is 13.4. The molecule has 0 unspecified atom stereocenters. The number of carbonyl (C=O) groups is 1. The molecule has 2 nitrogen and oxygen atoms in total. The van der Waals surface area contributed by atoms with Crippen molar-refractivity contribution in [1.82, 2.24) is 0 Å². The van der Waals surface area contributed by atoms with E-state index in [-0.39, 0.29) is 5.78 Å². The first-order chi connectivity index (χ1) is 10.7. The summed E-state index contributed by atoms with van der Waals surface area (Å²) in [5, 5.41) is 0.626. The zero-order chi connectivity index (χ0) is 16.4. The van der Waals surface area contributed by atoms with Gasteiger partial charge in [0, 0.05) is 16.1 Å². The third-order valence-electron chi connectivity index (χ3n) is 2.99. The van der Waals surface area contributed by atoms with Crippen LogP contribution >= 0.6 is 11.6 Å². The van der Waals surface area contributed by atoms with Gasteiger partial charge in [0.05, 0.1) is 6.61 Å². The molecule has 0 amide bonds. The van der Waals surface area contributed by atoms with E-state index < -0.39 is 0 Å². The Morgan fingerprint density at radius 2 is 1.45 bits per heavy atom. The van der Waals surface area contributed by atoms with Crippen LogP contribution < -0.4 is 4.74 Å². The molecule has 0 heterocycles. The van der Waals surface area contributed by atoms with Crippen molar-refractivity contribution in [2.24, 2.45) is 0 Å². The predicted molar refractivity (Wildman–Crippen MR) is 93.1 cm³/mol. The highest BCUT2D eigenvalue weighted by molar-refractivity contribution is 6.30. The molecule has 0 atom stereocenters. The molecule has 0 saturated heterocycles. The smallest absolute Gasteiger partial charge is 0.193 e. The number of ether oxygens (including phenoxy) is 1. The molecule has 3 heteroatoms. The van der Waals surface area contributed by atoms with Crippen LogP contribution in [0.15, 0.2) is 48.5 Å². The summed E-state index contributed by atoms with van der Waals surface area (Å²) in [5.74, 6) is 0.785. The third kappa shape index (κ3) is 5.53. The lowest BCUT2D eigenvalue weighted by atomic mass is 10.0. The van der Waals surface area contributed by atoms with E-state index in [1.54, 1.807) is 36.4 Å². The van der Waals surface area contributed by atoms with Crippen LogP contribution in [0.3, 0.4) is 0 Å². The van der Waals surface area contributed by atoms with Crippen molar-refractivity contribution in [3.8, 4) is 5.75 Å². The van der Waals surface area contributed by atoms with Crippen LogP contribution in [0.2, 0.25) is 5.02 Å². The van der Waals surface area contributed by atoms with Crippen LogP contribution in [0.5, 0.6) is 5.75 Å². The Kier molecular flexibility index (Phi) is 8.31. The second-order valence-corrected chi connectivity index (χ2v) is 5.00. The molecule has 0 aliphatic carbocycles. The second kappa shape index (κ2) is 10.0. The first-order valence-electron chi connectivity index (χ1n) is 7.74. The summed E-state index contributed by atoms with van der Waals surface area (Å²) < 4.78 is 5.57. The van der Waals surface area contributed by atoms with Gasteiger partial charge in [-0.25, -0.2) is 0 Å². The largest absolute Gasteiger partial charge is 0.494 e. The van der Waals surface area contributed by atoms with E-state index in [9.17, 15) is 4.79 Å². The van der Waals surface area contributed by atoms with Crippen LogP contribution in [0.4, 0.5) is 0 Å². The van der Waals surface area contributed by atoms with Crippen LogP contribution in [0, 0.1) is 0 Å². The molecule has 0 saturated carbocycles. The van der Waals surface area contributed by atoms with Gasteiger partial charge in [0.15, 0.2) is 5.78 Å². The van der Waals surface area contributed by atoms with Crippen molar-refractivity contribution in [3.05, 3.63) is 64.7 Å². The van der Waals surface area contributed by atoms with Gasteiger partial charge in [0.25, 0.3) is 0 Å². The molecule has 2 aromatic rings. The van der Waals surface area contributed by atoms with Crippen molar-refractivity contribution in [3.63, 3.8) is 0 Å². The Morgan fingerprint density at radius 1 is 0.955 bits per heavy atom. The van der Waals surface area contributed by atoms with Gasteiger partial charge < -0.3 is 4.74 Å². The lowest BCUT2D eigenvalue weighted by Gasteiger charge is -2.06. The van der Waals surface area contributed by atoms with Gasteiger partial charge in [-0.1, -0.05) is 38.8 Å². The maximum Gasteiger partial charge on any atom is 0.193 e. The maximum absolute atomic E-state index is 12.2. The fraction of sp³-hybridized carbons (Fsp3) is 0.316. The Hall–Kier alpha value is -1.80. The average Bonchev–Trinajstić information content (AvgIpc) is 2.58. The number of benzene rings is 2. The molecule has 0 radical (unpaired) electrons. The van der Waals surface area contributed by atoms with Crippen LogP contribution in [0.1, 0.15) is 49.5 Å². The molecule has 0 aliphatic rings. The third-order valence-corrected chi connectivity index (χ3v) is 3.24. The van der Waals surface area contributed by atoms with E-state index in [1.807, 2.05) is 26.0 Å². The molecule has 0 aliphatic heterocycles. The summed E-state index contributed by atoms with van der Waals surface area (Å²) in [4.78, 5) is 12.2. The van der Waals surface area contributed by atoms with Gasteiger partial charge in [-0.15, -0.1) is 0 Å². The monoisotopic (exact) mass is 318 g/mol. The van der Waals surface area contributed by atoms with Crippen molar-refractivity contribution in [2.75, 3.05) is 6.61 Å². The number of rotatable bonds is 6. The molecule has 22 heavy (non-hydrogen) atoms. The number of hydrogen-bond acceptors (Lipinski definition) is 2. The van der Waals surface area contributed by atoms with Crippen LogP contribution in [-0.4, -0.2) is 12.4 Å². The zero-order valence-corrected chi connectivity index (χ0v) is 14.2. The van der Waals surface area contributed by atoms with Gasteiger partial charge in [-0.3, -0.25) is 4.79 Å². The van der Waals surface area contributed by atoms with Crippen LogP contribution in [0.25, 0.3) is 0 Å². The van der Waals surface area contributed by atoms with Gasteiger partial charge in [-0.05, 0) is 55.0 Å². The van der Waals surface area contributed by atoms with Gasteiger partial charge in [0.2, 0.25) is 0 Å². The summed E-state index contributed by atoms with van der Waals surface area (Å²) in [6.07, 6.45) is 2.14. The summed E-state index contributed by atoms with van der Waals surface area (Å²) >= 11 is 5.82. The lowest BCUT2D eigenvalue weighted by Crippen LogP contribution is -2.01. The van der Waals surface area contributed by atoms with Crippen molar-refractivity contribution < 1.29 is 9.53 Å². The maximum atomic E-state index is 12.2. The molecule has 2 aromatic carbocycles. The molecule has 0 aromatic heterocycles. The first-order valence-corrected chi connectivity index (χ1v) is 8.11. The SMILES string of the molecule is CC.CCCCOc1ccc(C(=O)c2ccc(Cl)cc2)cc1. The number of hydrogen-bond donors (Lipinski definition) is 0. The topological polar surface area (TPSA) is 26.3 Å². The summed E-state index contributed by atoms with van der Waals surface area (Å²) in [7, 11) is 0. The lowest BCUT2D eigenvalue weighted by molar-refractivity contribution is 0.103. The minimum absolute atomic E-state index is 0.0122. The highest BCUT2D eigenvalue weighted by atomic mass is 35.5. The molecule has 0 N–H and O–H groups in total. The molecule has 0 spiro atoms. The van der Waals surface area contributed by atoms with E-state index in [1.165, 1.54) is 0 Å². The number of unbranched alkanes of at least 4 members (excludes halogenated alkanes) is 1. The van der Waals surface area contributed by atoms with Crippen molar-refractivity contribution in [1.29, 1.82) is 0 Å². The average molecular weight is 319 g/mol. The summed E-state index contributed by atoms with van der Waals surface area (Å²) in [6.45, 7) is 6.83. The number of halogens is 1. The summed E-state index contributed by atoms with van der Waals surface area (Å²) in [5.41, 5.74) is 1.28. The fourth-order valence-electron chi connectivity index (χ4n) is 1.80. The normalized spacial score (nSPS) is 9.64. The molecular formula is C19H23ClO2. The fourth-order valence-corrected chi connectivity index (χ4v) is 1.93. The van der Waals surface area contributed by atoms with E-state index in [0.717, 1.165) is 18.6 Å². The Labute approximate surface area is 138 Å². The summed E-state index contributed by atoms with van der Waals surface area (Å²) in [6, 6.07) is 14.1. The number of carbonyl (C=O) groups excluding carboxylic acids is 1. The van der Waals surface area contributed by atoms with Crippen molar-refractivity contribution in [2.45, 2.75) is 33.6 Å². The molecule has 118 valence electrons. The molecule has 2 rings (SSSR count). The minimum Gasteiger partial charge on any atom is -0.494 e. The minimum atomic E-state index is -0.0122. The molecule has 0 bridgehead atoms. The highest BCUT2D eigenvalue weighted by Gasteiger charge is 2.08. The number of ketones is 1. The van der Waals surface area contributed by atoms with E-state index in [0.29, 0.717) is 22.8 Å². The predicted octanol–water partition coefficient (Wildman–Crippen LogP) is 5.78. The van der Waals surface area contributed by atoms with E-state index in [2.05, 4.69) is 6.92 Å². The Balaban J connectivity index is 0.00000116. The van der Waals surface area contributed by atoms with Crippen LogP contribution in [-0.2, 0) is 0 Å². The van der Waals surface area contributed by atoms with Gasteiger partial charge in [0.1, 0.15) is 5.75 Å². The highest BCUT2D eigenvalue weighted by Crippen LogP contribution is 2.17. The van der Waals surface area contributed by atoms with Crippen molar-refractivity contribution >= 4 is 17.4 Å².